The van der Waals surface area contributed by atoms with Crippen molar-refractivity contribution in [3.8, 4) is 0 Å². The van der Waals surface area contributed by atoms with Gasteiger partial charge in [-0.2, -0.15) is 0 Å². The van der Waals surface area contributed by atoms with Crippen molar-refractivity contribution in [1.29, 1.82) is 0 Å². The Hall–Kier alpha value is -1.50. The SMILES string of the molecule is CC1(C)C=C(O)C(c2ccccc2)=CC1. The van der Waals surface area contributed by atoms with Gasteiger partial charge in [-0.25, -0.2) is 0 Å². The van der Waals surface area contributed by atoms with Crippen molar-refractivity contribution in [2.45, 2.75) is 20.3 Å². The monoisotopic (exact) mass is 200 g/mol. The van der Waals surface area contributed by atoms with Crippen molar-refractivity contribution >= 4 is 5.57 Å². The first kappa shape index (κ1) is 10.0. The van der Waals surface area contributed by atoms with Gasteiger partial charge in [-0.1, -0.05) is 50.3 Å². The molecule has 0 bridgehead atoms. The molecule has 1 aromatic carbocycles. The molecule has 0 aliphatic heterocycles. The molecule has 2 rings (SSSR count). The van der Waals surface area contributed by atoms with Crippen LogP contribution in [-0.2, 0) is 0 Å². The van der Waals surface area contributed by atoms with Crippen LogP contribution in [0.5, 0.6) is 0 Å². The Kier molecular flexibility index (Phi) is 2.39. The second kappa shape index (κ2) is 3.58. The van der Waals surface area contributed by atoms with E-state index in [0.717, 1.165) is 17.6 Å². The van der Waals surface area contributed by atoms with Crippen molar-refractivity contribution in [3.05, 3.63) is 53.8 Å². The first-order valence-corrected chi connectivity index (χ1v) is 5.26. The van der Waals surface area contributed by atoms with E-state index in [2.05, 4.69) is 19.9 Å². The van der Waals surface area contributed by atoms with Crippen molar-refractivity contribution in [2.75, 3.05) is 0 Å². The summed E-state index contributed by atoms with van der Waals surface area (Å²) in [4.78, 5) is 0. The summed E-state index contributed by atoms with van der Waals surface area (Å²) < 4.78 is 0. The number of hydrogen-bond acceptors (Lipinski definition) is 1. The number of aliphatic hydroxyl groups is 1. The minimum atomic E-state index is 0.0718. The first-order valence-electron chi connectivity index (χ1n) is 5.26. The highest BCUT2D eigenvalue weighted by atomic mass is 16.3. The normalized spacial score (nSPS) is 19.3. The van der Waals surface area contributed by atoms with Gasteiger partial charge in [0.05, 0.1) is 0 Å². The lowest BCUT2D eigenvalue weighted by molar-refractivity contribution is 0.394. The van der Waals surface area contributed by atoms with Crippen LogP contribution in [0.15, 0.2) is 48.2 Å². The number of aliphatic hydroxyl groups excluding tert-OH is 1. The molecule has 1 aliphatic carbocycles. The van der Waals surface area contributed by atoms with Crippen LogP contribution in [0.1, 0.15) is 25.8 Å². The summed E-state index contributed by atoms with van der Waals surface area (Å²) in [5.74, 6) is 0.400. The van der Waals surface area contributed by atoms with E-state index in [-0.39, 0.29) is 5.41 Å². The third-order valence-electron chi connectivity index (χ3n) is 2.72. The maximum absolute atomic E-state index is 9.95. The smallest absolute Gasteiger partial charge is 0.119 e. The Labute approximate surface area is 90.8 Å². The van der Waals surface area contributed by atoms with E-state index >= 15 is 0 Å². The van der Waals surface area contributed by atoms with Crippen LogP contribution >= 0.6 is 0 Å². The first-order chi connectivity index (χ1) is 7.08. The standard InChI is InChI=1S/C14H16O/c1-14(2)9-8-12(13(15)10-14)11-6-4-3-5-7-11/h3-8,10,15H,9H2,1-2H3. The van der Waals surface area contributed by atoms with Crippen LogP contribution in [0, 0.1) is 5.41 Å². The highest BCUT2D eigenvalue weighted by molar-refractivity contribution is 5.77. The van der Waals surface area contributed by atoms with Gasteiger partial charge in [0.1, 0.15) is 5.76 Å². The molecule has 0 fully saturated rings. The number of hydrogen-bond donors (Lipinski definition) is 1. The predicted octanol–water partition coefficient (Wildman–Crippen LogP) is 3.94. The predicted molar refractivity (Wildman–Crippen MR) is 63.5 cm³/mol. The van der Waals surface area contributed by atoms with Crippen LogP contribution in [-0.4, -0.2) is 5.11 Å². The van der Waals surface area contributed by atoms with Crippen LogP contribution in [0.2, 0.25) is 0 Å². The van der Waals surface area contributed by atoms with Crippen molar-refractivity contribution in [1.82, 2.24) is 0 Å². The lowest BCUT2D eigenvalue weighted by atomic mass is 9.82. The summed E-state index contributed by atoms with van der Waals surface area (Å²) in [6, 6.07) is 10.0. The Morgan fingerprint density at radius 1 is 1.13 bits per heavy atom. The van der Waals surface area contributed by atoms with Gasteiger partial charge in [0.2, 0.25) is 0 Å². The van der Waals surface area contributed by atoms with Gasteiger partial charge in [0.15, 0.2) is 0 Å². The molecule has 0 unspecified atom stereocenters. The maximum atomic E-state index is 9.95. The summed E-state index contributed by atoms with van der Waals surface area (Å²) >= 11 is 0. The number of allylic oxidation sites excluding steroid dienone is 3. The van der Waals surface area contributed by atoms with E-state index in [0.29, 0.717) is 5.76 Å². The summed E-state index contributed by atoms with van der Waals surface area (Å²) in [5.41, 5.74) is 2.11. The third kappa shape index (κ3) is 2.12. The molecular weight excluding hydrogens is 184 g/mol. The average molecular weight is 200 g/mol. The molecule has 0 saturated heterocycles. The van der Waals surface area contributed by atoms with E-state index in [1.165, 1.54) is 0 Å². The van der Waals surface area contributed by atoms with Crippen LogP contribution in [0.25, 0.3) is 5.57 Å². The maximum Gasteiger partial charge on any atom is 0.119 e. The summed E-state index contributed by atoms with van der Waals surface area (Å²) in [6.07, 6.45) is 5.03. The summed E-state index contributed by atoms with van der Waals surface area (Å²) in [6.45, 7) is 4.25. The van der Waals surface area contributed by atoms with Gasteiger partial charge < -0.3 is 5.11 Å². The minimum Gasteiger partial charge on any atom is -0.508 e. The third-order valence-corrected chi connectivity index (χ3v) is 2.72. The molecule has 0 radical (unpaired) electrons. The quantitative estimate of drug-likeness (QED) is 0.728. The molecule has 1 N–H and O–H groups in total. The molecule has 0 aromatic heterocycles. The van der Waals surface area contributed by atoms with E-state index in [1.807, 2.05) is 36.4 Å². The average Bonchev–Trinajstić information content (AvgIpc) is 2.17. The molecule has 1 aromatic rings. The summed E-state index contributed by atoms with van der Waals surface area (Å²) in [7, 11) is 0. The topological polar surface area (TPSA) is 20.2 Å². The molecule has 1 aliphatic rings. The minimum absolute atomic E-state index is 0.0718. The van der Waals surface area contributed by atoms with Gasteiger partial charge >= 0.3 is 0 Å². The van der Waals surface area contributed by atoms with Crippen molar-refractivity contribution in [3.63, 3.8) is 0 Å². The zero-order valence-corrected chi connectivity index (χ0v) is 9.20. The molecule has 15 heavy (non-hydrogen) atoms. The Balaban J connectivity index is 2.35. The lowest BCUT2D eigenvalue weighted by Crippen LogP contribution is -2.12. The van der Waals surface area contributed by atoms with E-state index in [9.17, 15) is 5.11 Å². The van der Waals surface area contributed by atoms with Crippen LogP contribution in [0.4, 0.5) is 0 Å². The molecule has 0 amide bonds. The molecule has 0 atom stereocenters. The fourth-order valence-corrected chi connectivity index (χ4v) is 1.86. The molecule has 78 valence electrons. The van der Waals surface area contributed by atoms with Crippen molar-refractivity contribution < 1.29 is 5.11 Å². The molecule has 0 heterocycles. The molecule has 1 nitrogen and oxygen atoms in total. The van der Waals surface area contributed by atoms with E-state index in [1.54, 1.807) is 0 Å². The Morgan fingerprint density at radius 2 is 1.80 bits per heavy atom. The van der Waals surface area contributed by atoms with Gasteiger partial charge in [-0.15, -0.1) is 0 Å². The van der Waals surface area contributed by atoms with Crippen LogP contribution in [0.3, 0.4) is 0 Å². The number of benzene rings is 1. The highest BCUT2D eigenvalue weighted by Crippen LogP contribution is 2.35. The molecule has 1 heteroatoms. The highest BCUT2D eigenvalue weighted by Gasteiger charge is 2.21. The van der Waals surface area contributed by atoms with Crippen LogP contribution < -0.4 is 0 Å². The molecular formula is C14H16O. The lowest BCUT2D eigenvalue weighted by Gasteiger charge is -2.24. The Bertz CT molecular complexity index is 410. The fourth-order valence-electron chi connectivity index (χ4n) is 1.86. The zero-order valence-electron chi connectivity index (χ0n) is 9.20. The van der Waals surface area contributed by atoms with Gasteiger partial charge in [0, 0.05) is 5.57 Å². The summed E-state index contributed by atoms with van der Waals surface area (Å²) in [5, 5.41) is 9.95. The second-order valence-corrected chi connectivity index (χ2v) is 4.71. The van der Waals surface area contributed by atoms with E-state index in [4.69, 9.17) is 0 Å². The molecule has 0 saturated carbocycles. The van der Waals surface area contributed by atoms with Gasteiger partial charge in [-0.05, 0) is 23.5 Å². The van der Waals surface area contributed by atoms with Gasteiger partial charge in [0.25, 0.3) is 0 Å². The molecule has 0 spiro atoms. The zero-order chi connectivity index (χ0) is 10.9. The fraction of sp³-hybridized carbons (Fsp3) is 0.286. The van der Waals surface area contributed by atoms with E-state index < -0.39 is 0 Å². The largest absolute Gasteiger partial charge is 0.508 e. The van der Waals surface area contributed by atoms with Crippen molar-refractivity contribution in [2.24, 2.45) is 5.41 Å². The number of rotatable bonds is 1. The second-order valence-electron chi connectivity index (χ2n) is 4.71. The van der Waals surface area contributed by atoms with Gasteiger partial charge in [-0.3, -0.25) is 0 Å². The Morgan fingerprint density at radius 3 is 2.40 bits per heavy atom.